The number of hydrogen-bond acceptors (Lipinski definition) is 4. The van der Waals surface area contributed by atoms with Crippen LogP contribution in [0.4, 0.5) is 0 Å². The van der Waals surface area contributed by atoms with E-state index in [0.29, 0.717) is 31.8 Å². The molecule has 1 heterocycles. The predicted octanol–water partition coefficient (Wildman–Crippen LogP) is 2.62. The molecule has 0 spiro atoms. The van der Waals surface area contributed by atoms with E-state index in [2.05, 4.69) is 5.32 Å². The second-order valence-electron chi connectivity index (χ2n) is 8.04. The van der Waals surface area contributed by atoms with Gasteiger partial charge in [0.15, 0.2) is 0 Å². The average Bonchev–Trinajstić information content (AvgIpc) is 2.68. The van der Waals surface area contributed by atoms with E-state index in [0.717, 1.165) is 32.1 Å². The van der Waals surface area contributed by atoms with Gasteiger partial charge in [0.1, 0.15) is 5.54 Å². The first-order valence-electron chi connectivity index (χ1n) is 9.91. The quantitative estimate of drug-likeness (QED) is 0.779. The van der Waals surface area contributed by atoms with Gasteiger partial charge in [-0.15, -0.1) is 0 Å². The summed E-state index contributed by atoms with van der Waals surface area (Å²) in [5.41, 5.74) is -0.971. The number of carbonyl (C=O) groups is 2. The summed E-state index contributed by atoms with van der Waals surface area (Å²) >= 11 is 0. The number of amides is 1. The first-order chi connectivity index (χ1) is 13.2. The molecule has 1 amide bonds. The van der Waals surface area contributed by atoms with Crippen LogP contribution in [0.1, 0.15) is 62.2 Å². The number of carboxylic acid groups (broad SMARTS) is 1. The van der Waals surface area contributed by atoms with Gasteiger partial charge in [-0.1, -0.05) is 26.2 Å². The van der Waals surface area contributed by atoms with Gasteiger partial charge in [0.05, 0.1) is 4.90 Å². The van der Waals surface area contributed by atoms with E-state index in [-0.39, 0.29) is 10.5 Å². The molecule has 28 heavy (non-hydrogen) atoms. The Hall–Kier alpha value is -1.93. The van der Waals surface area contributed by atoms with Crippen molar-refractivity contribution in [3.8, 4) is 0 Å². The fraction of sp³-hybridized carbons (Fsp3) is 0.600. The zero-order valence-electron chi connectivity index (χ0n) is 16.2. The van der Waals surface area contributed by atoms with Gasteiger partial charge in [0, 0.05) is 18.7 Å². The number of carboxylic acids is 1. The second kappa shape index (κ2) is 8.21. The van der Waals surface area contributed by atoms with Crippen LogP contribution < -0.4 is 5.32 Å². The van der Waals surface area contributed by atoms with Crippen molar-refractivity contribution in [1.82, 2.24) is 9.62 Å². The molecule has 2 fully saturated rings. The summed E-state index contributed by atoms with van der Waals surface area (Å²) in [6.45, 7) is 3.06. The van der Waals surface area contributed by atoms with E-state index in [1.165, 1.54) is 28.6 Å². The lowest BCUT2D eigenvalue weighted by atomic mass is 9.81. The second-order valence-corrected chi connectivity index (χ2v) is 9.97. The summed E-state index contributed by atoms with van der Waals surface area (Å²) < 4.78 is 27.1. The molecule has 0 aromatic heterocycles. The van der Waals surface area contributed by atoms with E-state index in [1.807, 2.05) is 6.92 Å². The van der Waals surface area contributed by atoms with Crippen molar-refractivity contribution in [3.63, 3.8) is 0 Å². The van der Waals surface area contributed by atoms with Gasteiger partial charge in [-0.05, 0) is 55.9 Å². The Bertz CT molecular complexity index is 829. The first-order valence-corrected chi connectivity index (χ1v) is 11.3. The van der Waals surface area contributed by atoms with Gasteiger partial charge in [-0.25, -0.2) is 13.2 Å². The van der Waals surface area contributed by atoms with Crippen molar-refractivity contribution < 1.29 is 23.1 Å². The number of sulfonamides is 1. The molecular weight excluding hydrogens is 380 g/mol. The van der Waals surface area contributed by atoms with E-state index in [1.54, 1.807) is 0 Å². The van der Waals surface area contributed by atoms with Crippen LogP contribution in [0.15, 0.2) is 29.2 Å². The van der Waals surface area contributed by atoms with Gasteiger partial charge in [-0.2, -0.15) is 4.31 Å². The van der Waals surface area contributed by atoms with Crippen LogP contribution in [0.2, 0.25) is 0 Å². The maximum Gasteiger partial charge on any atom is 0.329 e. The van der Waals surface area contributed by atoms with Crippen molar-refractivity contribution >= 4 is 21.9 Å². The number of nitrogens with zero attached hydrogens (tertiary/aromatic N) is 1. The normalized spacial score (nSPS) is 23.1. The number of rotatable bonds is 5. The van der Waals surface area contributed by atoms with Crippen molar-refractivity contribution in [3.05, 3.63) is 29.8 Å². The number of benzene rings is 1. The molecule has 1 aromatic carbocycles. The summed E-state index contributed by atoms with van der Waals surface area (Å²) in [5.74, 6) is -1.17. The zero-order chi connectivity index (χ0) is 20.4. The summed E-state index contributed by atoms with van der Waals surface area (Å²) in [7, 11) is -3.58. The minimum atomic E-state index is -3.58. The summed E-state index contributed by atoms with van der Waals surface area (Å²) in [4.78, 5) is 24.5. The fourth-order valence-corrected chi connectivity index (χ4v) is 5.73. The number of hydrogen-bond donors (Lipinski definition) is 2. The van der Waals surface area contributed by atoms with Crippen LogP contribution in [-0.2, 0) is 14.8 Å². The van der Waals surface area contributed by atoms with Crippen molar-refractivity contribution in [2.75, 3.05) is 13.1 Å². The van der Waals surface area contributed by atoms with Crippen molar-refractivity contribution in [1.29, 1.82) is 0 Å². The Morgan fingerprint density at radius 3 is 2.32 bits per heavy atom. The van der Waals surface area contributed by atoms with Crippen LogP contribution in [0.5, 0.6) is 0 Å². The molecule has 1 aliphatic carbocycles. The minimum Gasteiger partial charge on any atom is -0.480 e. The molecule has 8 heteroatoms. The highest BCUT2D eigenvalue weighted by atomic mass is 32.2. The first kappa shape index (κ1) is 20.8. The Morgan fingerprint density at radius 1 is 1.11 bits per heavy atom. The van der Waals surface area contributed by atoms with Crippen LogP contribution in [0, 0.1) is 5.92 Å². The fourth-order valence-electron chi connectivity index (χ4n) is 4.13. The van der Waals surface area contributed by atoms with Crippen LogP contribution in [0.25, 0.3) is 0 Å². The minimum absolute atomic E-state index is 0.156. The van der Waals surface area contributed by atoms with Gasteiger partial charge < -0.3 is 10.4 Å². The van der Waals surface area contributed by atoms with Crippen molar-refractivity contribution in [2.45, 2.75) is 62.3 Å². The highest BCUT2D eigenvalue weighted by Crippen LogP contribution is 2.29. The Labute approximate surface area is 166 Å². The van der Waals surface area contributed by atoms with Gasteiger partial charge in [-0.3, -0.25) is 4.79 Å². The number of nitrogens with one attached hydrogen (secondary N) is 1. The molecule has 1 atom stereocenters. The van der Waals surface area contributed by atoms with Crippen molar-refractivity contribution in [2.24, 2.45) is 5.92 Å². The number of piperidine rings is 1. The molecule has 1 saturated carbocycles. The SMILES string of the molecule is CC1CCCN(S(=O)(=O)c2ccc(C(=O)NC3(C(=O)O)CCCCC3)cc2)C1. The molecule has 3 rings (SSSR count). The maximum absolute atomic E-state index is 12.8. The van der Waals surface area contributed by atoms with Crippen LogP contribution in [-0.4, -0.2) is 48.3 Å². The highest BCUT2D eigenvalue weighted by Gasteiger charge is 2.41. The van der Waals surface area contributed by atoms with Crippen LogP contribution >= 0.6 is 0 Å². The van der Waals surface area contributed by atoms with E-state index < -0.39 is 27.4 Å². The third-order valence-electron chi connectivity index (χ3n) is 5.84. The summed E-state index contributed by atoms with van der Waals surface area (Å²) in [5, 5.41) is 12.3. The average molecular weight is 409 g/mol. The summed E-state index contributed by atoms with van der Waals surface area (Å²) in [6, 6.07) is 5.76. The zero-order valence-corrected chi connectivity index (χ0v) is 17.0. The van der Waals surface area contributed by atoms with Gasteiger partial charge in [0.25, 0.3) is 5.91 Å². The molecular formula is C20H28N2O5S. The van der Waals surface area contributed by atoms with E-state index >= 15 is 0 Å². The Morgan fingerprint density at radius 2 is 1.75 bits per heavy atom. The lowest BCUT2D eigenvalue weighted by molar-refractivity contribution is -0.145. The number of aliphatic carboxylic acids is 1. The van der Waals surface area contributed by atoms with Gasteiger partial charge >= 0.3 is 5.97 Å². The number of carbonyl (C=O) groups excluding carboxylic acids is 1. The Kier molecular flexibility index (Phi) is 6.09. The lowest BCUT2D eigenvalue weighted by Gasteiger charge is -2.34. The maximum atomic E-state index is 12.8. The smallest absolute Gasteiger partial charge is 0.329 e. The summed E-state index contributed by atoms with van der Waals surface area (Å²) in [6.07, 6.45) is 5.18. The molecule has 1 unspecified atom stereocenters. The largest absolute Gasteiger partial charge is 0.480 e. The van der Waals surface area contributed by atoms with E-state index in [4.69, 9.17) is 0 Å². The molecule has 154 valence electrons. The molecule has 7 nitrogen and oxygen atoms in total. The molecule has 1 aliphatic heterocycles. The van der Waals surface area contributed by atoms with E-state index in [9.17, 15) is 23.1 Å². The Balaban J connectivity index is 1.74. The molecule has 0 bridgehead atoms. The third-order valence-corrected chi connectivity index (χ3v) is 7.72. The monoisotopic (exact) mass is 408 g/mol. The standard InChI is InChI=1S/C20H28N2O5S/c1-15-6-5-13-22(14-15)28(26,27)17-9-7-16(8-10-17)18(23)21-20(19(24)25)11-3-2-4-12-20/h7-10,15H,2-6,11-14H2,1H3,(H,21,23)(H,24,25). The molecule has 0 radical (unpaired) electrons. The molecule has 2 N–H and O–H groups in total. The molecule has 2 aliphatic rings. The van der Waals surface area contributed by atoms with Gasteiger partial charge in [0.2, 0.25) is 10.0 Å². The lowest BCUT2D eigenvalue weighted by Crippen LogP contribution is -2.55. The molecule has 1 saturated heterocycles. The predicted molar refractivity (Wildman–Crippen MR) is 105 cm³/mol. The van der Waals surface area contributed by atoms with Crippen LogP contribution in [0.3, 0.4) is 0 Å². The topological polar surface area (TPSA) is 104 Å². The third kappa shape index (κ3) is 4.22. The highest BCUT2D eigenvalue weighted by molar-refractivity contribution is 7.89. The molecule has 1 aromatic rings.